The van der Waals surface area contributed by atoms with Crippen LogP contribution in [0.3, 0.4) is 0 Å². The van der Waals surface area contributed by atoms with Crippen LogP contribution < -0.4 is 5.32 Å². The molecule has 1 aliphatic rings. The summed E-state index contributed by atoms with van der Waals surface area (Å²) in [5, 5.41) is 3.76. The molecule has 0 heterocycles. The van der Waals surface area contributed by atoms with E-state index >= 15 is 0 Å². The molecule has 3 heteroatoms. The monoisotopic (exact) mass is 269 g/mol. The van der Waals surface area contributed by atoms with E-state index in [4.69, 9.17) is 11.6 Å². The van der Waals surface area contributed by atoms with E-state index in [0.29, 0.717) is 12.6 Å². The van der Waals surface area contributed by atoms with E-state index in [1.165, 1.54) is 38.2 Å². The zero-order chi connectivity index (χ0) is 13.0. The molecular weight excluding hydrogens is 249 g/mol. The van der Waals surface area contributed by atoms with Gasteiger partial charge in [0.15, 0.2) is 0 Å². The lowest BCUT2D eigenvalue weighted by Gasteiger charge is -2.28. The molecule has 0 aromatic heterocycles. The van der Waals surface area contributed by atoms with Crippen molar-refractivity contribution < 1.29 is 4.39 Å². The summed E-state index contributed by atoms with van der Waals surface area (Å²) >= 11 is 5.94. The van der Waals surface area contributed by atoms with Gasteiger partial charge in [-0.1, -0.05) is 37.1 Å². The number of hydrogen-bond donors (Lipinski definition) is 1. The summed E-state index contributed by atoms with van der Waals surface area (Å²) < 4.78 is 13.3. The molecule has 0 spiro atoms. The highest BCUT2D eigenvalue weighted by Gasteiger charge is 2.19. The molecular formula is C15H21ClFN. The lowest BCUT2D eigenvalue weighted by molar-refractivity contribution is 0.285. The van der Waals surface area contributed by atoms with Crippen molar-refractivity contribution in [2.75, 3.05) is 0 Å². The molecule has 1 aromatic carbocycles. The van der Waals surface area contributed by atoms with Gasteiger partial charge in [0.25, 0.3) is 0 Å². The molecule has 1 aromatic rings. The van der Waals surface area contributed by atoms with Gasteiger partial charge in [0.05, 0.1) is 5.02 Å². The van der Waals surface area contributed by atoms with Gasteiger partial charge in [-0.3, -0.25) is 0 Å². The number of hydrogen-bond acceptors (Lipinski definition) is 1. The SMILES string of the molecule is CCC1CCC(NCc2cccc(F)c2Cl)CC1. The molecule has 0 unspecified atom stereocenters. The molecule has 1 saturated carbocycles. The summed E-state index contributed by atoms with van der Waals surface area (Å²) in [6.07, 6.45) is 6.37. The number of halogens is 2. The van der Waals surface area contributed by atoms with Gasteiger partial charge in [-0.25, -0.2) is 4.39 Å². The Kier molecular flexibility index (Phi) is 5.02. The Labute approximate surface area is 114 Å². The fourth-order valence-electron chi connectivity index (χ4n) is 2.71. The zero-order valence-electron chi connectivity index (χ0n) is 10.9. The highest BCUT2D eigenvalue weighted by Crippen LogP contribution is 2.27. The number of benzene rings is 1. The van der Waals surface area contributed by atoms with Crippen LogP contribution in [0.15, 0.2) is 18.2 Å². The molecule has 18 heavy (non-hydrogen) atoms. The van der Waals surface area contributed by atoms with Crippen molar-refractivity contribution in [3.63, 3.8) is 0 Å². The third-order valence-electron chi connectivity index (χ3n) is 4.04. The van der Waals surface area contributed by atoms with Gasteiger partial charge < -0.3 is 5.32 Å². The predicted octanol–water partition coefficient (Wildman–Crippen LogP) is 4.54. The van der Waals surface area contributed by atoms with Crippen molar-refractivity contribution in [3.8, 4) is 0 Å². The molecule has 0 amide bonds. The second kappa shape index (κ2) is 6.53. The first kappa shape index (κ1) is 13.8. The second-order valence-corrected chi connectivity index (χ2v) is 5.60. The van der Waals surface area contributed by atoms with E-state index in [2.05, 4.69) is 12.2 Å². The molecule has 0 saturated heterocycles. The zero-order valence-corrected chi connectivity index (χ0v) is 11.6. The Bertz CT molecular complexity index is 386. The molecule has 0 bridgehead atoms. The summed E-state index contributed by atoms with van der Waals surface area (Å²) in [6.45, 7) is 2.93. The fraction of sp³-hybridized carbons (Fsp3) is 0.600. The molecule has 1 aliphatic carbocycles. The van der Waals surface area contributed by atoms with Gasteiger partial charge in [-0.15, -0.1) is 0 Å². The van der Waals surface area contributed by atoms with Crippen LogP contribution >= 0.6 is 11.6 Å². The van der Waals surface area contributed by atoms with Gasteiger partial charge >= 0.3 is 0 Å². The first-order valence-electron chi connectivity index (χ1n) is 6.87. The third kappa shape index (κ3) is 3.46. The van der Waals surface area contributed by atoms with Gasteiger partial charge in [-0.05, 0) is 43.2 Å². The first-order chi connectivity index (χ1) is 8.70. The third-order valence-corrected chi connectivity index (χ3v) is 4.46. The van der Waals surface area contributed by atoms with Crippen LogP contribution in [0.25, 0.3) is 0 Å². The van der Waals surface area contributed by atoms with E-state index in [1.54, 1.807) is 6.07 Å². The molecule has 1 nitrogen and oxygen atoms in total. The fourth-order valence-corrected chi connectivity index (χ4v) is 2.91. The molecule has 100 valence electrons. The highest BCUT2D eigenvalue weighted by atomic mass is 35.5. The van der Waals surface area contributed by atoms with Crippen LogP contribution in [-0.2, 0) is 6.54 Å². The van der Waals surface area contributed by atoms with Crippen LogP contribution in [0.5, 0.6) is 0 Å². The summed E-state index contributed by atoms with van der Waals surface area (Å²) in [7, 11) is 0. The minimum atomic E-state index is -0.328. The maximum absolute atomic E-state index is 13.3. The molecule has 0 radical (unpaired) electrons. The first-order valence-corrected chi connectivity index (χ1v) is 7.24. The quantitative estimate of drug-likeness (QED) is 0.846. The lowest BCUT2D eigenvalue weighted by Crippen LogP contribution is -2.32. The van der Waals surface area contributed by atoms with Crippen LogP contribution in [0.1, 0.15) is 44.6 Å². The van der Waals surface area contributed by atoms with Crippen molar-refractivity contribution in [2.24, 2.45) is 5.92 Å². The predicted molar refractivity (Wildman–Crippen MR) is 74.3 cm³/mol. The van der Waals surface area contributed by atoms with E-state index in [1.807, 2.05) is 6.07 Å². The Hall–Kier alpha value is -0.600. The largest absolute Gasteiger partial charge is 0.310 e. The van der Waals surface area contributed by atoms with Crippen LogP contribution in [-0.4, -0.2) is 6.04 Å². The van der Waals surface area contributed by atoms with Crippen LogP contribution in [0.2, 0.25) is 5.02 Å². The smallest absolute Gasteiger partial charge is 0.142 e. The van der Waals surface area contributed by atoms with E-state index in [9.17, 15) is 4.39 Å². The van der Waals surface area contributed by atoms with Gasteiger partial charge in [0.1, 0.15) is 5.82 Å². The molecule has 1 fully saturated rings. The van der Waals surface area contributed by atoms with E-state index in [-0.39, 0.29) is 10.8 Å². The number of nitrogens with one attached hydrogen (secondary N) is 1. The average molecular weight is 270 g/mol. The topological polar surface area (TPSA) is 12.0 Å². The Morgan fingerprint density at radius 3 is 2.67 bits per heavy atom. The summed E-state index contributed by atoms with van der Waals surface area (Å²) in [6, 6.07) is 5.56. The van der Waals surface area contributed by atoms with E-state index in [0.717, 1.165) is 11.5 Å². The lowest BCUT2D eigenvalue weighted by atomic mass is 9.84. The van der Waals surface area contributed by atoms with Crippen molar-refractivity contribution in [2.45, 2.75) is 51.6 Å². The van der Waals surface area contributed by atoms with E-state index < -0.39 is 0 Å². The molecule has 2 rings (SSSR count). The molecule has 1 N–H and O–H groups in total. The van der Waals surface area contributed by atoms with Gasteiger partial charge in [-0.2, -0.15) is 0 Å². The summed E-state index contributed by atoms with van der Waals surface area (Å²) in [5.41, 5.74) is 0.856. The maximum Gasteiger partial charge on any atom is 0.142 e. The Morgan fingerprint density at radius 2 is 2.00 bits per heavy atom. The average Bonchev–Trinajstić information content (AvgIpc) is 2.41. The normalized spacial score (nSPS) is 24.2. The van der Waals surface area contributed by atoms with Crippen LogP contribution in [0, 0.1) is 11.7 Å². The summed E-state index contributed by atoms with van der Waals surface area (Å²) in [4.78, 5) is 0. The Balaban J connectivity index is 1.83. The van der Waals surface area contributed by atoms with Crippen molar-refractivity contribution in [3.05, 3.63) is 34.6 Å². The molecule has 0 atom stereocenters. The second-order valence-electron chi connectivity index (χ2n) is 5.22. The van der Waals surface area contributed by atoms with Crippen LogP contribution in [0.4, 0.5) is 4.39 Å². The minimum absolute atomic E-state index is 0.257. The highest BCUT2D eigenvalue weighted by molar-refractivity contribution is 6.31. The van der Waals surface area contributed by atoms with Gasteiger partial charge in [0.2, 0.25) is 0 Å². The summed E-state index contributed by atoms with van der Waals surface area (Å²) in [5.74, 6) is 0.575. The minimum Gasteiger partial charge on any atom is -0.310 e. The van der Waals surface area contributed by atoms with Crippen molar-refractivity contribution in [1.82, 2.24) is 5.32 Å². The standard InChI is InChI=1S/C15H21ClFN/c1-2-11-6-8-13(9-7-11)18-10-12-4-3-5-14(17)15(12)16/h3-5,11,13,18H,2,6-10H2,1H3. The van der Waals surface area contributed by atoms with Gasteiger partial charge in [0, 0.05) is 12.6 Å². The van der Waals surface area contributed by atoms with Crippen molar-refractivity contribution in [1.29, 1.82) is 0 Å². The Morgan fingerprint density at radius 1 is 1.28 bits per heavy atom. The molecule has 0 aliphatic heterocycles. The van der Waals surface area contributed by atoms with Crippen molar-refractivity contribution >= 4 is 11.6 Å². The number of rotatable bonds is 4. The maximum atomic E-state index is 13.3.